The smallest absolute Gasteiger partial charge is 0.0830 e. The number of nitrogens with one attached hydrogen (secondary N) is 1. The van der Waals surface area contributed by atoms with E-state index in [1.54, 1.807) is 6.20 Å². The van der Waals surface area contributed by atoms with E-state index in [1.165, 1.54) is 10.0 Å². The molecule has 3 nitrogen and oxygen atoms in total. The number of hydrogen-bond donors (Lipinski definition) is 1. The number of nitrogens with zero attached hydrogens (tertiary/aromatic N) is 2. The lowest BCUT2D eigenvalue weighted by atomic mass is 9.92. The highest BCUT2D eigenvalue weighted by Gasteiger charge is 2.14. The van der Waals surface area contributed by atoms with Gasteiger partial charge in [0.25, 0.3) is 0 Å². The fourth-order valence-electron chi connectivity index (χ4n) is 1.86. The fraction of sp³-hybridized carbons (Fsp3) is 0.333. The average molecular weight is 280 g/mol. The Morgan fingerprint density at radius 3 is 2.81 bits per heavy atom. The Morgan fingerprint density at radius 1 is 1.38 bits per heavy atom. The van der Waals surface area contributed by atoms with Gasteiger partial charge in [-0.2, -0.15) is 15.4 Å². The van der Waals surface area contributed by atoms with Crippen LogP contribution >= 0.6 is 15.9 Å². The molecule has 1 N–H and O–H groups in total. The zero-order valence-electron chi connectivity index (χ0n) is 9.15. The van der Waals surface area contributed by atoms with Crippen LogP contribution in [0, 0.1) is 0 Å². The summed E-state index contributed by atoms with van der Waals surface area (Å²) in [6.07, 6.45) is 3.81. The zero-order chi connectivity index (χ0) is 11.4. The Labute approximate surface area is 103 Å². The normalized spacial score (nSPS) is 12.6. The minimum atomic E-state index is 0.487. The second-order valence-electron chi connectivity index (χ2n) is 3.79. The summed E-state index contributed by atoms with van der Waals surface area (Å²) in [5, 5.41) is 10.6. The van der Waals surface area contributed by atoms with Crippen molar-refractivity contribution in [2.24, 2.45) is 0 Å². The van der Waals surface area contributed by atoms with Crippen LogP contribution < -0.4 is 0 Å². The molecule has 0 spiro atoms. The number of benzene rings is 1. The third-order valence-corrected chi connectivity index (χ3v) is 3.48. The third-order valence-electron chi connectivity index (χ3n) is 2.76. The quantitative estimate of drug-likeness (QED) is 0.933. The van der Waals surface area contributed by atoms with Crippen LogP contribution in [0.5, 0.6) is 0 Å². The Bertz CT molecular complexity index is 439. The number of aromatic nitrogens is 3. The van der Waals surface area contributed by atoms with Gasteiger partial charge < -0.3 is 0 Å². The summed E-state index contributed by atoms with van der Waals surface area (Å²) in [7, 11) is 0. The SMILES string of the molecule is CCC(Cc1cn[nH]n1)c1ccccc1Br. The molecular weight excluding hydrogens is 266 g/mol. The first kappa shape index (κ1) is 11.3. The minimum Gasteiger partial charge on any atom is -0.198 e. The molecule has 0 fully saturated rings. The summed E-state index contributed by atoms with van der Waals surface area (Å²) < 4.78 is 1.17. The van der Waals surface area contributed by atoms with Crippen LogP contribution in [0.25, 0.3) is 0 Å². The van der Waals surface area contributed by atoms with Crippen LogP contribution in [-0.4, -0.2) is 15.4 Å². The lowest BCUT2D eigenvalue weighted by molar-refractivity contribution is 0.645. The number of rotatable bonds is 4. The van der Waals surface area contributed by atoms with Crippen molar-refractivity contribution in [1.29, 1.82) is 0 Å². The lowest BCUT2D eigenvalue weighted by Crippen LogP contribution is -2.03. The van der Waals surface area contributed by atoms with Crippen molar-refractivity contribution in [3.8, 4) is 0 Å². The Balaban J connectivity index is 2.20. The monoisotopic (exact) mass is 279 g/mol. The molecule has 0 radical (unpaired) electrons. The van der Waals surface area contributed by atoms with E-state index in [0.717, 1.165) is 18.5 Å². The van der Waals surface area contributed by atoms with Crippen LogP contribution in [0.15, 0.2) is 34.9 Å². The predicted molar refractivity (Wildman–Crippen MR) is 67.3 cm³/mol. The van der Waals surface area contributed by atoms with Crippen LogP contribution in [0.4, 0.5) is 0 Å². The summed E-state index contributed by atoms with van der Waals surface area (Å²) in [5.74, 6) is 0.487. The molecule has 1 aromatic carbocycles. The standard InChI is InChI=1S/C12H14BrN3/c1-2-9(7-10-8-14-16-15-10)11-5-3-4-6-12(11)13/h3-6,8-9H,2,7H2,1H3,(H,14,15,16). The van der Waals surface area contributed by atoms with Gasteiger partial charge in [-0.3, -0.25) is 0 Å². The van der Waals surface area contributed by atoms with Gasteiger partial charge in [0, 0.05) is 10.9 Å². The van der Waals surface area contributed by atoms with Crippen molar-refractivity contribution in [1.82, 2.24) is 15.4 Å². The largest absolute Gasteiger partial charge is 0.198 e. The van der Waals surface area contributed by atoms with Crippen molar-refractivity contribution in [3.63, 3.8) is 0 Å². The summed E-state index contributed by atoms with van der Waals surface area (Å²) in [5.41, 5.74) is 2.36. The van der Waals surface area contributed by atoms with Gasteiger partial charge in [0.15, 0.2) is 0 Å². The summed E-state index contributed by atoms with van der Waals surface area (Å²) >= 11 is 3.60. The highest BCUT2D eigenvalue weighted by molar-refractivity contribution is 9.10. The Morgan fingerprint density at radius 2 is 2.19 bits per heavy atom. The van der Waals surface area contributed by atoms with Crippen molar-refractivity contribution in [2.75, 3.05) is 0 Å². The van der Waals surface area contributed by atoms with Gasteiger partial charge in [0.1, 0.15) is 0 Å². The highest BCUT2D eigenvalue weighted by atomic mass is 79.9. The highest BCUT2D eigenvalue weighted by Crippen LogP contribution is 2.29. The van der Waals surface area contributed by atoms with E-state index in [9.17, 15) is 0 Å². The molecule has 4 heteroatoms. The zero-order valence-corrected chi connectivity index (χ0v) is 10.7. The fourth-order valence-corrected chi connectivity index (χ4v) is 2.47. The first-order valence-corrected chi connectivity index (χ1v) is 6.19. The van der Waals surface area contributed by atoms with Crippen molar-refractivity contribution in [2.45, 2.75) is 25.7 Å². The molecule has 0 saturated carbocycles. The van der Waals surface area contributed by atoms with Crippen molar-refractivity contribution < 1.29 is 0 Å². The molecule has 1 aromatic heterocycles. The molecule has 16 heavy (non-hydrogen) atoms. The van der Waals surface area contributed by atoms with Crippen LogP contribution in [0.3, 0.4) is 0 Å². The predicted octanol–water partition coefficient (Wildman–Crippen LogP) is 3.30. The maximum Gasteiger partial charge on any atom is 0.0830 e. The van der Waals surface area contributed by atoms with Gasteiger partial charge in [-0.15, -0.1) is 0 Å². The van der Waals surface area contributed by atoms with Gasteiger partial charge >= 0.3 is 0 Å². The van der Waals surface area contributed by atoms with E-state index < -0.39 is 0 Å². The summed E-state index contributed by atoms with van der Waals surface area (Å²) in [6.45, 7) is 2.20. The van der Waals surface area contributed by atoms with Gasteiger partial charge in [-0.1, -0.05) is 41.1 Å². The van der Waals surface area contributed by atoms with Crippen LogP contribution in [0.1, 0.15) is 30.5 Å². The molecule has 0 amide bonds. The third kappa shape index (κ3) is 2.50. The molecule has 1 heterocycles. The Kier molecular flexibility index (Phi) is 3.72. The first-order chi connectivity index (χ1) is 7.81. The molecular formula is C12H14BrN3. The molecule has 84 valence electrons. The molecule has 0 aliphatic carbocycles. The van der Waals surface area contributed by atoms with Gasteiger partial charge in [0.2, 0.25) is 0 Å². The molecule has 0 saturated heterocycles. The molecule has 2 rings (SSSR count). The van der Waals surface area contributed by atoms with E-state index in [1.807, 2.05) is 6.07 Å². The molecule has 0 bridgehead atoms. The summed E-state index contributed by atoms with van der Waals surface area (Å²) in [4.78, 5) is 0. The topological polar surface area (TPSA) is 41.6 Å². The van der Waals surface area contributed by atoms with Crippen LogP contribution in [0.2, 0.25) is 0 Å². The van der Waals surface area contributed by atoms with E-state index >= 15 is 0 Å². The second kappa shape index (κ2) is 5.25. The first-order valence-electron chi connectivity index (χ1n) is 5.40. The van der Waals surface area contributed by atoms with Gasteiger partial charge in [-0.25, -0.2) is 0 Å². The molecule has 1 atom stereocenters. The van der Waals surface area contributed by atoms with Gasteiger partial charge in [-0.05, 0) is 24.0 Å². The number of H-pyrrole nitrogens is 1. The minimum absolute atomic E-state index is 0.487. The molecule has 2 aromatic rings. The number of halogens is 1. The average Bonchev–Trinajstić information content (AvgIpc) is 2.80. The number of hydrogen-bond acceptors (Lipinski definition) is 2. The number of aromatic amines is 1. The van der Waals surface area contributed by atoms with Crippen molar-refractivity contribution >= 4 is 15.9 Å². The van der Waals surface area contributed by atoms with E-state index in [2.05, 4.69) is 56.5 Å². The second-order valence-corrected chi connectivity index (χ2v) is 4.65. The van der Waals surface area contributed by atoms with Crippen molar-refractivity contribution in [3.05, 3.63) is 46.2 Å². The molecule has 0 aliphatic rings. The maximum atomic E-state index is 4.11. The van der Waals surface area contributed by atoms with E-state index in [-0.39, 0.29) is 0 Å². The maximum absolute atomic E-state index is 4.11. The van der Waals surface area contributed by atoms with E-state index in [0.29, 0.717) is 5.92 Å². The lowest BCUT2D eigenvalue weighted by Gasteiger charge is -2.15. The molecule has 1 unspecified atom stereocenters. The van der Waals surface area contributed by atoms with E-state index in [4.69, 9.17) is 0 Å². The molecule has 0 aliphatic heterocycles. The summed E-state index contributed by atoms with van der Waals surface area (Å²) in [6, 6.07) is 8.36. The van der Waals surface area contributed by atoms with Crippen LogP contribution in [-0.2, 0) is 6.42 Å². The van der Waals surface area contributed by atoms with Gasteiger partial charge in [0.05, 0.1) is 11.9 Å². The Hall–Kier alpha value is -1.16.